The van der Waals surface area contributed by atoms with Crippen molar-refractivity contribution in [2.75, 3.05) is 39.9 Å². The van der Waals surface area contributed by atoms with Gasteiger partial charge in [-0.2, -0.15) is 0 Å². The van der Waals surface area contributed by atoms with Gasteiger partial charge in [0.2, 0.25) is 5.76 Å². The monoisotopic (exact) mass is 526 g/mol. The molecule has 0 aliphatic carbocycles. The number of amides is 1. The minimum absolute atomic E-state index is 0.0839. The zero-order valence-electron chi connectivity index (χ0n) is 22.2. The first-order chi connectivity index (χ1) is 17.8. The first-order valence-corrected chi connectivity index (χ1v) is 13.3. The minimum atomic E-state index is -0.615. The van der Waals surface area contributed by atoms with E-state index in [-0.39, 0.29) is 17.1 Å². The number of ether oxygens (including phenoxy) is 2. The molecule has 1 aliphatic rings. The third-order valence-electron chi connectivity index (χ3n) is 6.94. The van der Waals surface area contributed by atoms with E-state index in [1.807, 2.05) is 18.2 Å². The number of rotatable bonds is 11. The van der Waals surface area contributed by atoms with E-state index in [0.717, 1.165) is 25.1 Å². The average molecular weight is 527 g/mol. The molecule has 8 heteroatoms. The van der Waals surface area contributed by atoms with Gasteiger partial charge in [-0.05, 0) is 61.3 Å². The maximum Gasteiger partial charge on any atom is 0.290 e. The molecule has 198 valence electrons. The van der Waals surface area contributed by atoms with E-state index in [9.17, 15) is 9.59 Å². The maximum atomic E-state index is 13.8. The van der Waals surface area contributed by atoms with Crippen molar-refractivity contribution in [3.05, 3.63) is 68.5 Å². The predicted molar refractivity (Wildman–Crippen MR) is 146 cm³/mol. The molecule has 0 bridgehead atoms. The number of hydrogen-bond donors (Lipinski definition) is 0. The van der Waals surface area contributed by atoms with Gasteiger partial charge in [0.1, 0.15) is 5.58 Å². The fourth-order valence-electron chi connectivity index (χ4n) is 4.74. The standard InChI is InChI=1S/C29H35ClN2O5/c1-6-31(7-2)13-14-32-26(19-8-10-23(24(16-19)35-5)36-15-12-18(3)4)25-27(33)21-17-20(30)9-11-22(21)37-28(25)29(32)34/h8-11,16-18,26H,6-7,12-15H2,1-5H3. The van der Waals surface area contributed by atoms with Crippen LogP contribution >= 0.6 is 11.6 Å². The topological polar surface area (TPSA) is 72.2 Å². The highest BCUT2D eigenvalue weighted by Crippen LogP contribution is 2.41. The number of fused-ring (bicyclic) bond motifs is 2. The molecular weight excluding hydrogens is 492 g/mol. The van der Waals surface area contributed by atoms with Crippen LogP contribution in [0.3, 0.4) is 0 Å². The van der Waals surface area contributed by atoms with Gasteiger partial charge in [0.05, 0.1) is 30.7 Å². The van der Waals surface area contributed by atoms with Crippen LogP contribution in [0.25, 0.3) is 11.0 Å². The Bertz CT molecular complexity index is 1330. The molecule has 0 saturated heterocycles. The molecule has 3 aromatic rings. The summed E-state index contributed by atoms with van der Waals surface area (Å²) >= 11 is 6.19. The quantitative estimate of drug-likeness (QED) is 0.316. The molecule has 0 N–H and O–H groups in total. The van der Waals surface area contributed by atoms with Crippen LogP contribution in [-0.2, 0) is 0 Å². The number of halogens is 1. The van der Waals surface area contributed by atoms with E-state index < -0.39 is 6.04 Å². The van der Waals surface area contributed by atoms with Crippen molar-refractivity contribution in [1.29, 1.82) is 0 Å². The van der Waals surface area contributed by atoms with Gasteiger partial charge in [0.15, 0.2) is 16.9 Å². The zero-order valence-corrected chi connectivity index (χ0v) is 22.9. The molecule has 2 heterocycles. The number of likely N-dealkylation sites (N-methyl/N-ethyl adjacent to an activating group) is 1. The fourth-order valence-corrected chi connectivity index (χ4v) is 4.91. The van der Waals surface area contributed by atoms with E-state index in [2.05, 4.69) is 32.6 Å². The van der Waals surface area contributed by atoms with Crippen LogP contribution in [0.4, 0.5) is 0 Å². The van der Waals surface area contributed by atoms with Crippen molar-refractivity contribution in [3.63, 3.8) is 0 Å². The van der Waals surface area contributed by atoms with Crippen molar-refractivity contribution >= 4 is 28.5 Å². The van der Waals surface area contributed by atoms with Crippen LogP contribution in [0.1, 0.15) is 61.8 Å². The highest BCUT2D eigenvalue weighted by Gasteiger charge is 2.43. The lowest BCUT2D eigenvalue weighted by atomic mass is 9.98. The van der Waals surface area contributed by atoms with Gasteiger partial charge < -0.3 is 23.7 Å². The SMILES string of the molecule is CCN(CC)CCN1C(=O)c2oc3ccc(Cl)cc3c(=O)c2C1c1ccc(OCCC(C)C)c(OC)c1. The van der Waals surface area contributed by atoms with Crippen molar-refractivity contribution < 1.29 is 18.7 Å². The maximum absolute atomic E-state index is 13.8. The molecule has 7 nitrogen and oxygen atoms in total. The van der Waals surface area contributed by atoms with Crippen molar-refractivity contribution in [1.82, 2.24) is 9.80 Å². The first-order valence-electron chi connectivity index (χ1n) is 12.9. The van der Waals surface area contributed by atoms with Gasteiger partial charge in [-0.15, -0.1) is 0 Å². The molecule has 1 unspecified atom stereocenters. The fraction of sp³-hybridized carbons (Fsp3) is 0.448. The molecule has 1 aromatic heterocycles. The van der Waals surface area contributed by atoms with Crippen LogP contribution in [0.15, 0.2) is 45.6 Å². The Balaban J connectivity index is 1.81. The molecule has 0 radical (unpaired) electrons. The van der Waals surface area contributed by atoms with Gasteiger partial charge in [-0.1, -0.05) is 45.4 Å². The highest BCUT2D eigenvalue weighted by atomic mass is 35.5. The lowest BCUT2D eigenvalue weighted by Crippen LogP contribution is -2.37. The Morgan fingerprint density at radius 2 is 1.84 bits per heavy atom. The molecule has 4 rings (SSSR count). The second kappa shape index (κ2) is 11.6. The van der Waals surface area contributed by atoms with E-state index in [4.69, 9.17) is 25.5 Å². The van der Waals surface area contributed by atoms with Gasteiger partial charge in [-0.3, -0.25) is 9.59 Å². The summed E-state index contributed by atoms with van der Waals surface area (Å²) in [5.74, 6) is 1.49. The second-order valence-electron chi connectivity index (χ2n) is 9.68. The Labute approximate surface area is 222 Å². The smallest absolute Gasteiger partial charge is 0.290 e. The van der Waals surface area contributed by atoms with Gasteiger partial charge in [-0.25, -0.2) is 0 Å². The summed E-state index contributed by atoms with van der Waals surface area (Å²) in [6.45, 7) is 11.9. The van der Waals surface area contributed by atoms with Crippen molar-refractivity contribution in [2.24, 2.45) is 5.92 Å². The summed E-state index contributed by atoms with van der Waals surface area (Å²) in [6.07, 6.45) is 0.922. The zero-order chi connectivity index (χ0) is 26.7. The minimum Gasteiger partial charge on any atom is -0.493 e. The van der Waals surface area contributed by atoms with Crippen molar-refractivity contribution in [3.8, 4) is 11.5 Å². The molecule has 1 aliphatic heterocycles. The van der Waals surface area contributed by atoms with Crippen LogP contribution in [0.2, 0.25) is 5.02 Å². The largest absolute Gasteiger partial charge is 0.493 e. The van der Waals surface area contributed by atoms with Crippen LogP contribution in [0, 0.1) is 5.92 Å². The van der Waals surface area contributed by atoms with E-state index in [0.29, 0.717) is 58.7 Å². The lowest BCUT2D eigenvalue weighted by molar-refractivity contribution is 0.0708. The van der Waals surface area contributed by atoms with E-state index in [1.165, 1.54) is 0 Å². The number of hydrogen-bond acceptors (Lipinski definition) is 6. The molecule has 0 fully saturated rings. The first kappa shape index (κ1) is 27.0. The Hall–Kier alpha value is -3.03. The Morgan fingerprint density at radius 3 is 2.51 bits per heavy atom. The van der Waals surface area contributed by atoms with E-state index in [1.54, 1.807) is 30.2 Å². The van der Waals surface area contributed by atoms with Gasteiger partial charge in [0, 0.05) is 18.1 Å². The van der Waals surface area contributed by atoms with Crippen LogP contribution in [-0.4, -0.2) is 55.6 Å². The number of carbonyl (C=O) groups is 1. The van der Waals surface area contributed by atoms with Gasteiger partial charge >= 0.3 is 0 Å². The molecule has 0 saturated carbocycles. The summed E-state index contributed by atoms with van der Waals surface area (Å²) in [6, 6.07) is 9.85. The number of carbonyl (C=O) groups excluding carboxylic acids is 1. The summed E-state index contributed by atoms with van der Waals surface area (Å²) in [4.78, 5) is 31.4. The Morgan fingerprint density at radius 1 is 1.08 bits per heavy atom. The summed E-state index contributed by atoms with van der Waals surface area (Å²) < 4.78 is 17.6. The third-order valence-corrected chi connectivity index (χ3v) is 7.17. The number of nitrogens with zero attached hydrogens (tertiary/aromatic N) is 2. The summed E-state index contributed by atoms with van der Waals surface area (Å²) in [7, 11) is 1.59. The van der Waals surface area contributed by atoms with Crippen LogP contribution in [0.5, 0.6) is 11.5 Å². The molecule has 0 spiro atoms. The normalized spacial score (nSPS) is 15.2. The summed E-state index contributed by atoms with van der Waals surface area (Å²) in [5, 5.41) is 0.791. The van der Waals surface area contributed by atoms with Gasteiger partial charge in [0.25, 0.3) is 5.91 Å². The van der Waals surface area contributed by atoms with Crippen LogP contribution < -0.4 is 14.9 Å². The molecular formula is C29H35ClN2O5. The predicted octanol–water partition coefficient (Wildman–Crippen LogP) is 5.77. The highest BCUT2D eigenvalue weighted by molar-refractivity contribution is 6.31. The molecule has 1 amide bonds. The molecule has 37 heavy (non-hydrogen) atoms. The lowest BCUT2D eigenvalue weighted by Gasteiger charge is -2.28. The molecule has 2 aromatic carbocycles. The Kier molecular flexibility index (Phi) is 8.45. The number of benzene rings is 2. The second-order valence-corrected chi connectivity index (χ2v) is 10.1. The number of methoxy groups -OCH3 is 1. The third kappa shape index (κ3) is 5.48. The molecule has 1 atom stereocenters. The van der Waals surface area contributed by atoms with Crippen molar-refractivity contribution in [2.45, 2.75) is 40.2 Å². The van der Waals surface area contributed by atoms with E-state index >= 15 is 0 Å². The summed E-state index contributed by atoms with van der Waals surface area (Å²) in [5.41, 5.74) is 1.18. The average Bonchev–Trinajstić information content (AvgIpc) is 3.16.